The van der Waals surface area contributed by atoms with Crippen LogP contribution in [0.2, 0.25) is 0 Å². The predicted molar refractivity (Wildman–Crippen MR) is 77.2 cm³/mol. The molecule has 0 aromatic heterocycles. The van der Waals surface area contributed by atoms with Crippen molar-refractivity contribution >= 4 is 5.69 Å². The molecule has 0 spiro atoms. The quantitative estimate of drug-likeness (QED) is 0.737. The molecule has 0 bridgehead atoms. The summed E-state index contributed by atoms with van der Waals surface area (Å²) in [4.78, 5) is 2.19. The second kappa shape index (κ2) is 6.78. The molecule has 1 saturated carbocycles. The van der Waals surface area contributed by atoms with Gasteiger partial charge in [-0.2, -0.15) is 0 Å². The molecule has 0 amide bonds. The van der Waals surface area contributed by atoms with E-state index in [-0.39, 0.29) is 6.61 Å². The highest BCUT2D eigenvalue weighted by Gasteiger charge is 2.20. The summed E-state index contributed by atoms with van der Waals surface area (Å²) in [5.74, 6) is 1.46. The first-order valence-electron chi connectivity index (χ1n) is 6.99. The Morgan fingerprint density at radius 1 is 1.42 bits per heavy atom. The summed E-state index contributed by atoms with van der Waals surface area (Å²) in [5.41, 5.74) is 6.39. The molecule has 1 aromatic carbocycles. The fraction of sp³-hybridized carbons (Fsp3) is 0.600. The molecule has 0 aliphatic heterocycles. The predicted octanol–water partition coefficient (Wildman–Crippen LogP) is 1.74. The van der Waals surface area contributed by atoms with Crippen LogP contribution >= 0.6 is 0 Å². The van der Waals surface area contributed by atoms with E-state index in [1.807, 2.05) is 18.2 Å². The lowest BCUT2D eigenvalue weighted by atomic mass is 9.85. The number of aliphatic hydroxyl groups is 1. The highest BCUT2D eigenvalue weighted by molar-refractivity contribution is 5.51. The van der Waals surface area contributed by atoms with Gasteiger partial charge in [-0.3, -0.25) is 0 Å². The molecular formula is C15H24N2O2. The van der Waals surface area contributed by atoms with Crippen LogP contribution in [0.25, 0.3) is 0 Å². The summed E-state index contributed by atoms with van der Waals surface area (Å²) in [6.07, 6.45) is 3.54. The monoisotopic (exact) mass is 264 g/mol. The molecule has 1 fully saturated rings. The van der Waals surface area contributed by atoms with Gasteiger partial charge in [-0.1, -0.05) is 18.6 Å². The molecule has 4 nitrogen and oxygen atoms in total. The second-order valence-electron chi connectivity index (χ2n) is 5.52. The number of para-hydroxylation sites is 2. The van der Waals surface area contributed by atoms with Gasteiger partial charge in [0.1, 0.15) is 18.5 Å². The third kappa shape index (κ3) is 4.40. The van der Waals surface area contributed by atoms with Crippen molar-refractivity contribution in [2.45, 2.75) is 25.4 Å². The van der Waals surface area contributed by atoms with Gasteiger partial charge in [0.25, 0.3) is 0 Å². The molecule has 106 valence electrons. The van der Waals surface area contributed by atoms with Crippen LogP contribution in [0.1, 0.15) is 19.3 Å². The zero-order valence-corrected chi connectivity index (χ0v) is 11.6. The fourth-order valence-corrected chi connectivity index (χ4v) is 2.40. The summed E-state index contributed by atoms with van der Waals surface area (Å²) < 4.78 is 5.54. The average molecular weight is 264 g/mol. The third-order valence-electron chi connectivity index (χ3n) is 3.67. The van der Waals surface area contributed by atoms with Crippen molar-refractivity contribution in [3.05, 3.63) is 24.3 Å². The van der Waals surface area contributed by atoms with E-state index in [4.69, 9.17) is 10.5 Å². The van der Waals surface area contributed by atoms with E-state index in [2.05, 4.69) is 11.9 Å². The smallest absolute Gasteiger partial charge is 0.142 e. The lowest BCUT2D eigenvalue weighted by molar-refractivity contribution is 0.0667. The minimum Gasteiger partial charge on any atom is -0.489 e. The van der Waals surface area contributed by atoms with Crippen molar-refractivity contribution in [1.82, 2.24) is 4.90 Å². The standard InChI is InChI=1S/C15H24N2O2/c1-17(9-12-5-4-6-12)10-13(18)11-19-15-8-3-2-7-14(15)16/h2-3,7-8,12-13,18H,4-6,9-11,16H2,1H3. The number of hydrogen-bond acceptors (Lipinski definition) is 4. The van der Waals surface area contributed by atoms with Crippen LogP contribution < -0.4 is 10.5 Å². The van der Waals surface area contributed by atoms with Gasteiger partial charge in [-0.25, -0.2) is 0 Å². The third-order valence-corrected chi connectivity index (χ3v) is 3.67. The number of rotatable bonds is 7. The highest BCUT2D eigenvalue weighted by atomic mass is 16.5. The number of nitrogens with two attached hydrogens (primary N) is 1. The van der Waals surface area contributed by atoms with E-state index >= 15 is 0 Å². The van der Waals surface area contributed by atoms with Crippen LogP contribution in [-0.2, 0) is 0 Å². The van der Waals surface area contributed by atoms with Gasteiger partial charge in [-0.15, -0.1) is 0 Å². The average Bonchev–Trinajstić information content (AvgIpc) is 2.33. The summed E-state index contributed by atoms with van der Waals surface area (Å²) >= 11 is 0. The molecule has 1 aliphatic rings. The molecular weight excluding hydrogens is 240 g/mol. The van der Waals surface area contributed by atoms with E-state index in [0.717, 1.165) is 12.5 Å². The Kier molecular flexibility index (Phi) is 5.05. The number of benzene rings is 1. The first-order valence-corrected chi connectivity index (χ1v) is 6.99. The second-order valence-corrected chi connectivity index (χ2v) is 5.52. The SMILES string of the molecule is CN(CC(O)COc1ccccc1N)CC1CCC1. The zero-order chi connectivity index (χ0) is 13.7. The Bertz CT molecular complexity index is 393. The first-order chi connectivity index (χ1) is 9.15. The molecule has 1 atom stereocenters. The number of hydrogen-bond donors (Lipinski definition) is 2. The number of anilines is 1. The number of likely N-dealkylation sites (N-methyl/N-ethyl adjacent to an activating group) is 1. The van der Waals surface area contributed by atoms with Gasteiger partial charge < -0.3 is 20.5 Å². The van der Waals surface area contributed by atoms with Gasteiger partial charge in [0.2, 0.25) is 0 Å². The van der Waals surface area contributed by atoms with Gasteiger partial charge >= 0.3 is 0 Å². The van der Waals surface area contributed by atoms with E-state index in [1.165, 1.54) is 19.3 Å². The molecule has 1 aliphatic carbocycles. The van der Waals surface area contributed by atoms with E-state index in [9.17, 15) is 5.11 Å². The van der Waals surface area contributed by atoms with E-state index < -0.39 is 6.10 Å². The molecule has 0 saturated heterocycles. The maximum atomic E-state index is 9.97. The zero-order valence-electron chi connectivity index (χ0n) is 11.6. The van der Waals surface area contributed by atoms with Crippen molar-refractivity contribution in [2.24, 2.45) is 5.92 Å². The van der Waals surface area contributed by atoms with Crippen molar-refractivity contribution in [3.8, 4) is 5.75 Å². The molecule has 4 heteroatoms. The largest absolute Gasteiger partial charge is 0.489 e. The van der Waals surface area contributed by atoms with Crippen LogP contribution in [0.5, 0.6) is 5.75 Å². The Morgan fingerprint density at radius 3 is 2.79 bits per heavy atom. The van der Waals surface area contributed by atoms with Crippen LogP contribution in [0, 0.1) is 5.92 Å². The van der Waals surface area contributed by atoms with Gasteiger partial charge in [0, 0.05) is 13.1 Å². The molecule has 0 heterocycles. The molecule has 1 aromatic rings. The Hall–Kier alpha value is -1.26. The Labute approximate surface area is 115 Å². The van der Waals surface area contributed by atoms with E-state index in [1.54, 1.807) is 6.07 Å². The minimum atomic E-state index is -0.482. The molecule has 1 unspecified atom stereocenters. The van der Waals surface area contributed by atoms with Crippen molar-refractivity contribution in [3.63, 3.8) is 0 Å². The number of nitrogen functional groups attached to an aromatic ring is 1. The summed E-state index contributed by atoms with van der Waals surface area (Å²) in [6.45, 7) is 2.00. The molecule has 2 rings (SSSR count). The summed E-state index contributed by atoms with van der Waals surface area (Å²) in [5, 5.41) is 9.97. The summed E-state index contributed by atoms with van der Waals surface area (Å²) in [7, 11) is 2.05. The molecule has 19 heavy (non-hydrogen) atoms. The number of nitrogens with zero attached hydrogens (tertiary/aromatic N) is 1. The van der Waals surface area contributed by atoms with Crippen LogP contribution in [0.3, 0.4) is 0 Å². The van der Waals surface area contributed by atoms with Crippen LogP contribution in [0.4, 0.5) is 5.69 Å². The highest BCUT2D eigenvalue weighted by Crippen LogP contribution is 2.26. The molecule has 3 N–H and O–H groups in total. The number of aliphatic hydroxyl groups excluding tert-OH is 1. The van der Waals surface area contributed by atoms with Crippen molar-refractivity contribution in [1.29, 1.82) is 0 Å². The van der Waals surface area contributed by atoms with E-state index in [0.29, 0.717) is 18.0 Å². The van der Waals surface area contributed by atoms with Gasteiger partial charge in [-0.05, 0) is 37.9 Å². The Balaban J connectivity index is 1.68. The van der Waals surface area contributed by atoms with Gasteiger partial charge in [0.15, 0.2) is 0 Å². The summed E-state index contributed by atoms with van der Waals surface area (Å²) in [6, 6.07) is 7.36. The lowest BCUT2D eigenvalue weighted by Gasteiger charge is -2.31. The minimum absolute atomic E-state index is 0.281. The maximum Gasteiger partial charge on any atom is 0.142 e. The van der Waals surface area contributed by atoms with Crippen molar-refractivity contribution < 1.29 is 9.84 Å². The topological polar surface area (TPSA) is 58.7 Å². The van der Waals surface area contributed by atoms with Crippen molar-refractivity contribution in [2.75, 3.05) is 32.5 Å². The lowest BCUT2D eigenvalue weighted by Crippen LogP contribution is -2.37. The van der Waals surface area contributed by atoms with Crippen LogP contribution in [0.15, 0.2) is 24.3 Å². The maximum absolute atomic E-state index is 9.97. The first kappa shape index (κ1) is 14.2. The normalized spacial score (nSPS) is 17.2. The molecule has 0 radical (unpaired) electrons. The fourth-order valence-electron chi connectivity index (χ4n) is 2.40. The van der Waals surface area contributed by atoms with Crippen LogP contribution in [-0.4, -0.2) is 42.9 Å². The van der Waals surface area contributed by atoms with Gasteiger partial charge in [0.05, 0.1) is 5.69 Å². The number of ether oxygens (including phenoxy) is 1. The Morgan fingerprint density at radius 2 is 2.16 bits per heavy atom.